The number of alkyl halides is 1. The van der Waals surface area contributed by atoms with Crippen LogP contribution in [-0.4, -0.2) is 11.8 Å². The maximum atomic E-state index is 5.75. The average Bonchev–Trinajstić information content (AvgIpc) is 2.86. The van der Waals surface area contributed by atoms with Crippen LogP contribution in [0.3, 0.4) is 0 Å². The fourth-order valence-corrected chi connectivity index (χ4v) is 1.82. The standard InChI is InChI=1S/C13H10ClNO3/c14-5-9-3-11(7-15-6-9)18-10-1-2-12-13(4-10)17-8-16-12/h1-4,6-7H,5,8H2. The van der Waals surface area contributed by atoms with E-state index in [-0.39, 0.29) is 6.79 Å². The van der Waals surface area contributed by atoms with E-state index in [0.717, 1.165) is 11.3 Å². The van der Waals surface area contributed by atoms with Gasteiger partial charge in [-0.2, -0.15) is 0 Å². The van der Waals surface area contributed by atoms with E-state index in [1.165, 1.54) is 0 Å². The molecule has 0 spiro atoms. The number of pyridine rings is 1. The van der Waals surface area contributed by atoms with E-state index in [2.05, 4.69) is 4.98 Å². The molecule has 0 saturated heterocycles. The predicted octanol–water partition coefficient (Wildman–Crippen LogP) is 3.34. The highest BCUT2D eigenvalue weighted by atomic mass is 35.5. The Morgan fingerprint density at radius 3 is 2.89 bits per heavy atom. The second-order valence-electron chi connectivity index (χ2n) is 3.78. The number of hydrogen-bond acceptors (Lipinski definition) is 4. The zero-order chi connectivity index (χ0) is 12.4. The molecule has 1 aromatic heterocycles. The first kappa shape index (κ1) is 11.2. The number of ether oxygens (including phenoxy) is 3. The maximum Gasteiger partial charge on any atom is 0.231 e. The lowest BCUT2D eigenvalue weighted by Crippen LogP contribution is -1.92. The molecule has 0 unspecified atom stereocenters. The van der Waals surface area contributed by atoms with Gasteiger partial charge < -0.3 is 14.2 Å². The number of rotatable bonds is 3. The van der Waals surface area contributed by atoms with Crippen LogP contribution in [0.5, 0.6) is 23.0 Å². The highest BCUT2D eigenvalue weighted by Gasteiger charge is 2.14. The molecule has 4 nitrogen and oxygen atoms in total. The highest BCUT2D eigenvalue weighted by molar-refractivity contribution is 6.17. The summed E-state index contributed by atoms with van der Waals surface area (Å²) < 4.78 is 16.2. The summed E-state index contributed by atoms with van der Waals surface area (Å²) in [4.78, 5) is 4.06. The first-order valence-electron chi connectivity index (χ1n) is 5.42. The minimum Gasteiger partial charge on any atom is -0.456 e. The largest absolute Gasteiger partial charge is 0.456 e. The molecule has 18 heavy (non-hydrogen) atoms. The van der Waals surface area contributed by atoms with Crippen molar-refractivity contribution in [2.24, 2.45) is 0 Å². The number of aromatic nitrogens is 1. The van der Waals surface area contributed by atoms with Gasteiger partial charge in [-0.15, -0.1) is 11.6 Å². The van der Waals surface area contributed by atoms with Crippen molar-refractivity contribution in [2.45, 2.75) is 5.88 Å². The van der Waals surface area contributed by atoms with Crippen LogP contribution in [0, 0.1) is 0 Å². The molecule has 0 radical (unpaired) electrons. The first-order valence-corrected chi connectivity index (χ1v) is 5.96. The Balaban J connectivity index is 1.83. The van der Waals surface area contributed by atoms with E-state index in [1.54, 1.807) is 18.5 Å². The van der Waals surface area contributed by atoms with E-state index in [0.29, 0.717) is 23.1 Å². The second-order valence-corrected chi connectivity index (χ2v) is 4.05. The molecule has 1 aliphatic rings. The van der Waals surface area contributed by atoms with E-state index >= 15 is 0 Å². The Labute approximate surface area is 109 Å². The van der Waals surface area contributed by atoms with E-state index in [1.807, 2.05) is 18.2 Å². The summed E-state index contributed by atoms with van der Waals surface area (Å²) in [7, 11) is 0. The van der Waals surface area contributed by atoms with Crippen LogP contribution >= 0.6 is 11.6 Å². The molecule has 2 aromatic rings. The maximum absolute atomic E-state index is 5.75. The summed E-state index contributed by atoms with van der Waals surface area (Å²) in [6, 6.07) is 7.28. The zero-order valence-electron chi connectivity index (χ0n) is 9.43. The molecule has 92 valence electrons. The van der Waals surface area contributed by atoms with Crippen LogP contribution < -0.4 is 14.2 Å². The molecular weight excluding hydrogens is 254 g/mol. The van der Waals surface area contributed by atoms with Crippen molar-refractivity contribution in [3.63, 3.8) is 0 Å². The summed E-state index contributed by atoms with van der Waals surface area (Å²) in [6.07, 6.45) is 3.35. The molecule has 5 heteroatoms. The normalized spacial score (nSPS) is 12.5. The third-order valence-electron chi connectivity index (χ3n) is 2.50. The molecule has 0 aliphatic carbocycles. The monoisotopic (exact) mass is 263 g/mol. The Hall–Kier alpha value is -1.94. The second kappa shape index (κ2) is 4.74. The fourth-order valence-electron chi connectivity index (χ4n) is 1.67. The van der Waals surface area contributed by atoms with Crippen molar-refractivity contribution in [2.75, 3.05) is 6.79 Å². The number of benzene rings is 1. The van der Waals surface area contributed by atoms with Gasteiger partial charge in [0.05, 0.1) is 6.20 Å². The van der Waals surface area contributed by atoms with Crippen LogP contribution in [-0.2, 0) is 5.88 Å². The molecule has 0 N–H and O–H groups in total. The van der Waals surface area contributed by atoms with Crippen molar-refractivity contribution < 1.29 is 14.2 Å². The molecule has 1 aliphatic heterocycles. The molecular formula is C13H10ClNO3. The van der Waals surface area contributed by atoms with Gasteiger partial charge in [-0.05, 0) is 23.8 Å². The number of hydrogen-bond donors (Lipinski definition) is 0. The third kappa shape index (κ3) is 2.19. The minimum atomic E-state index is 0.252. The molecule has 0 fully saturated rings. The number of halogens is 1. The summed E-state index contributed by atoms with van der Waals surface area (Å²) in [6.45, 7) is 0.252. The van der Waals surface area contributed by atoms with Crippen molar-refractivity contribution in [1.82, 2.24) is 4.98 Å². The highest BCUT2D eigenvalue weighted by Crippen LogP contribution is 2.36. The third-order valence-corrected chi connectivity index (χ3v) is 2.81. The Morgan fingerprint density at radius 1 is 1.11 bits per heavy atom. The molecule has 0 saturated carbocycles. The quantitative estimate of drug-likeness (QED) is 0.797. The Bertz CT molecular complexity index is 574. The fraction of sp³-hybridized carbons (Fsp3) is 0.154. The van der Waals surface area contributed by atoms with Gasteiger partial charge in [0, 0.05) is 18.1 Å². The lowest BCUT2D eigenvalue weighted by molar-refractivity contribution is 0.174. The topological polar surface area (TPSA) is 40.6 Å². The SMILES string of the molecule is ClCc1cncc(Oc2ccc3c(c2)OCO3)c1. The number of fused-ring (bicyclic) bond motifs is 1. The van der Waals surface area contributed by atoms with Gasteiger partial charge in [0.1, 0.15) is 11.5 Å². The van der Waals surface area contributed by atoms with E-state index < -0.39 is 0 Å². The molecule has 2 heterocycles. The van der Waals surface area contributed by atoms with E-state index in [4.69, 9.17) is 25.8 Å². The smallest absolute Gasteiger partial charge is 0.231 e. The van der Waals surface area contributed by atoms with Gasteiger partial charge in [-0.1, -0.05) is 0 Å². The van der Waals surface area contributed by atoms with Crippen molar-refractivity contribution in [1.29, 1.82) is 0 Å². The Morgan fingerprint density at radius 2 is 2.00 bits per heavy atom. The minimum absolute atomic E-state index is 0.252. The molecule has 3 rings (SSSR count). The van der Waals surface area contributed by atoms with Gasteiger partial charge in [0.2, 0.25) is 6.79 Å². The van der Waals surface area contributed by atoms with Crippen LogP contribution in [0.25, 0.3) is 0 Å². The Kier molecular flexibility index (Phi) is 2.94. The van der Waals surface area contributed by atoms with Crippen molar-refractivity contribution in [3.8, 4) is 23.0 Å². The first-order chi connectivity index (χ1) is 8.85. The van der Waals surface area contributed by atoms with Crippen LogP contribution in [0.2, 0.25) is 0 Å². The molecule has 0 bridgehead atoms. The average molecular weight is 264 g/mol. The summed E-state index contributed by atoms with van der Waals surface area (Å²) in [5.41, 5.74) is 0.912. The van der Waals surface area contributed by atoms with Gasteiger partial charge in [0.25, 0.3) is 0 Å². The van der Waals surface area contributed by atoms with E-state index in [9.17, 15) is 0 Å². The molecule has 0 amide bonds. The number of nitrogens with zero attached hydrogens (tertiary/aromatic N) is 1. The van der Waals surface area contributed by atoms with Crippen LogP contribution in [0.15, 0.2) is 36.7 Å². The van der Waals surface area contributed by atoms with Gasteiger partial charge >= 0.3 is 0 Å². The van der Waals surface area contributed by atoms with Gasteiger partial charge in [0.15, 0.2) is 11.5 Å². The summed E-state index contributed by atoms with van der Waals surface area (Å²) >= 11 is 5.75. The lowest BCUT2D eigenvalue weighted by atomic mass is 10.3. The molecule has 1 aromatic carbocycles. The summed E-state index contributed by atoms with van der Waals surface area (Å²) in [5.74, 6) is 3.15. The van der Waals surface area contributed by atoms with Crippen molar-refractivity contribution in [3.05, 3.63) is 42.2 Å². The lowest BCUT2D eigenvalue weighted by Gasteiger charge is -2.06. The van der Waals surface area contributed by atoms with Crippen LogP contribution in [0.4, 0.5) is 0 Å². The molecule has 0 atom stereocenters. The predicted molar refractivity (Wildman–Crippen MR) is 66.4 cm³/mol. The van der Waals surface area contributed by atoms with Crippen LogP contribution in [0.1, 0.15) is 5.56 Å². The van der Waals surface area contributed by atoms with Crippen molar-refractivity contribution >= 4 is 11.6 Å². The summed E-state index contributed by atoms with van der Waals surface area (Å²) in [5, 5.41) is 0. The van der Waals surface area contributed by atoms with Gasteiger partial charge in [-0.25, -0.2) is 0 Å². The zero-order valence-corrected chi connectivity index (χ0v) is 10.2. The van der Waals surface area contributed by atoms with Gasteiger partial charge in [-0.3, -0.25) is 4.98 Å².